The number of rotatable bonds is 5. The summed E-state index contributed by atoms with van der Waals surface area (Å²) in [5.74, 6) is -0.332. The minimum Gasteiger partial charge on any atom is -0.343 e. The van der Waals surface area contributed by atoms with E-state index in [1.54, 1.807) is 6.20 Å². The molecule has 0 spiro atoms. The van der Waals surface area contributed by atoms with Gasteiger partial charge in [-0.1, -0.05) is 36.4 Å². The van der Waals surface area contributed by atoms with E-state index < -0.39 is 0 Å². The Balaban J connectivity index is 1.69. The number of carbonyl (C=O) groups is 2. The molecule has 0 aliphatic carbocycles. The van der Waals surface area contributed by atoms with E-state index in [9.17, 15) is 9.59 Å². The van der Waals surface area contributed by atoms with Gasteiger partial charge >= 0.3 is 0 Å². The van der Waals surface area contributed by atoms with Gasteiger partial charge in [-0.3, -0.25) is 14.6 Å². The number of nitrogens with zero attached hydrogens (tertiary/aromatic N) is 3. The molecule has 1 aromatic carbocycles. The first-order valence-electron chi connectivity index (χ1n) is 8.27. The van der Waals surface area contributed by atoms with Crippen molar-refractivity contribution in [2.24, 2.45) is 5.10 Å². The minimum absolute atomic E-state index is 0.0711. The summed E-state index contributed by atoms with van der Waals surface area (Å²) in [4.78, 5) is 28.8. The molecular formula is C19H20N4O2. The van der Waals surface area contributed by atoms with E-state index in [0.29, 0.717) is 18.7 Å². The Bertz CT molecular complexity index is 775. The van der Waals surface area contributed by atoms with Gasteiger partial charge in [0.05, 0.1) is 18.3 Å². The molecule has 6 nitrogen and oxygen atoms in total. The quantitative estimate of drug-likeness (QED) is 0.911. The number of pyridine rings is 1. The zero-order valence-electron chi connectivity index (χ0n) is 14.1. The smallest absolute Gasteiger partial charge is 0.268 e. The number of carbonyl (C=O) groups excluding carboxylic acids is 2. The van der Waals surface area contributed by atoms with E-state index in [0.717, 1.165) is 11.3 Å². The van der Waals surface area contributed by atoms with Crippen LogP contribution in [0.1, 0.15) is 37.1 Å². The molecule has 2 heterocycles. The first-order chi connectivity index (χ1) is 12.1. The number of hydrazone groups is 1. The maximum absolute atomic E-state index is 12.5. The van der Waals surface area contributed by atoms with Crippen LogP contribution in [0.3, 0.4) is 0 Å². The van der Waals surface area contributed by atoms with Crippen LogP contribution in [-0.2, 0) is 16.1 Å². The second-order valence-corrected chi connectivity index (χ2v) is 5.93. The van der Waals surface area contributed by atoms with Gasteiger partial charge in [0.15, 0.2) is 0 Å². The van der Waals surface area contributed by atoms with E-state index in [-0.39, 0.29) is 24.3 Å². The molecule has 128 valence electrons. The lowest BCUT2D eigenvalue weighted by molar-refractivity contribution is -0.132. The summed E-state index contributed by atoms with van der Waals surface area (Å²) in [6.45, 7) is 2.24. The lowest BCUT2D eigenvalue weighted by Gasteiger charge is -2.24. The van der Waals surface area contributed by atoms with E-state index in [4.69, 9.17) is 0 Å². The van der Waals surface area contributed by atoms with Gasteiger partial charge in [-0.25, -0.2) is 5.01 Å². The summed E-state index contributed by atoms with van der Waals surface area (Å²) in [5.41, 5.74) is 2.13. The Morgan fingerprint density at radius 1 is 1.16 bits per heavy atom. The molecule has 0 bridgehead atoms. The van der Waals surface area contributed by atoms with Crippen molar-refractivity contribution in [3.63, 3.8) is 0 Å². The fourth-order valence-corrected chi connectivity index (χ4v) is 2.63. The summed E-state index contributed by atoms with van der Waals surface area (Å²) in [6.07, 6.45) is 2.33. The second kappa shape index (κ2) is 7.70. The zero-order chi connectivity index (χ0) is 17.6. The van der Waals surface area contributed by atoms with Crippen LogP contribution in [-0.4, -0.2) is 27.5 Å². The van der Waals surface area contributed by atoms with Crippen LogP contribution >= 0.6 is 0 Å². The van der Waals surface area contributed by atoms with Crippen molar-refractivity contribution in [3.8, 4) is 0 Å². The largest absolute Gasteiger partial charge is 0.343 e. The molecule has 0 saturated heterocycles. The normalized spacial score (nSPS) is 15.5. The molecular weight excluding hydrogens is 316 g/mol. The van der Waals surface area contributed by atoms with Gasteiger partial charge < -0.3 is 5.32 Å². The molecule has 0 fully saturated rings. The van der Waals surface area contributed by atoms with Crippen LogP contribution < -0.4 is 5.32 Å². The molecule has 6 heteroatoms. The van der Waals surface area contributed by atoms with E-state index in [2.05, 4.69) is 15.4 Å². The topological polar surface area (TPSA) is 74.7 Å². The summed E-state index contributed by atoms with van der Waals surface area (Å²) in [7, 11) is 0. The molecule has 0 radical (unpaired) electrons. The Morgan fingerprint density at radius 2 is 1.92 bits per heavy atom. The van der Waals surface area contributed by atoms with Crippen LogP contribution in [0, 0.1) is 0 Å². The van der Waals surface area contributed by atoms with E-state index in [1.165, 1.54) is 5.01 Å². The Hall–Kier alpha value is -3.02. The Labute approximate surface area is 146 Å². The van der Waals surface area contributed by atoms with Gasteiger partial charge in [-0.05, 0) is 24.6 Å². The van der Waals surface area contributed by atoms with E-state index in [1.807, 2.05) is 55.5 Å². The summed E-state index contributed by atoms with van der Waals surface area (Å²) < 4.78 is 0. The predicted molar refractivity (Wildman–Crippen MR) is 94.5 cm³/mol. The molecule has 1 aliphatic rings. The molecule has 0 saturated carbocycles. The highest BCUT2D eigenvalue weighted by atomic mass is 16.2. The Morgan fingerprint density at radius 3 is 2.64 bits per heavy atom. The fraction of sp³-hybridized carbons (Fsp3) is 0.263. The summed E-state index contributed by atoms with van der Waals surface area (Å²) in [6, 6.07) is 14.9. The van der Waals surface area contributed by atoms with Crippen molar-refractivity contribution in [1.82, 2.24) is 15.3 Å². The monoisotopic (exact) mass is 336 g/mol. The third-order valence-electron chi connectivity index (χ3n) is 4.02. The lowest BCUT2D eigenvalue weighted by atomic mass is 10.1. The molecule has 1 atom stereocenters. The average molecular weight is 336 g/mol. The predicted octanol–water partition coefficient (Wildman–Crippen LogP) is 2.44. The molecule has 2 amide bonds. The third-order valence-corrected chi connectivity index (χ3v) is 4.02. The highest BCUT2D eigenvalue weighted by Crippen LogP contribution is 2.15. The zero-order valence-corrected chi connectivity index (χ0v) is 14.1. The third kappa shape index (κ3) is 4.29. The van der Waals surface area contributed by atoms with Gasteiger partial charge in [0, 0.05) is 19.0 Å². The van der Waals surface area contributed by atoms with Crippen molar-refractivity contribution in [2.45, 2.75) is 32.4 Å². The van der Waals surface area contributed by atoms with Gasteiger partial charge in [0.25, 0.3) is 5.91 Å². The van der Waals surface area contributed by atoms with Crippen LogP contribution in [0.2, 0.25) is 0 Å². The van der Waals surface area contributed by atoms with Gasteiger partial charge in [0.1, 0.15) is 5.71 Å². The van der Waals surface area contributed by atoms with Gasteiger partial charge in [0.2, 0.25) is 5.91 Å². The minimum atomic E-state index is -0.260. The first kappa shape index (κ1) is 16.8. The number of hydrogen-bond donors (Lipinski definition) is 1. The van der Waals surface area contributed by atoms with Crippen molar-refractivity contribution >= 4 is 17.5 Å². The SMILES string of the molecule is C[C@H](NC(=O)C1=NN(Cc2ccccc2)C(=O)CC1)c1ccccn1. The maximum atomic E-state index is 12.5. The van der Waals surface area contributed by atoms with Crippen LogP contribution in [0.5, 0.6) is 0 Å². The fourth-order valence-electron chi connectivity index (χ4n) is 2.63. The highest BCUT2D eigenvalue weighted by molar-refractivity contribution is 6.39. The Kier molecular flexibility index (Phi) is 5.18. The first-order valence-corrected chi connectivity index (χ1v) is 8.27. The van der Waals surface area contributed by atoms with Crippen LogP contribution in [0.4, 0.5) is 0 Å². The number of amides is 2. The number of aromatic nitrogens is 1. The molecule has 1 aromatic heterocycles. The number of nitrogens with one attached hydrogen (secondary N) is 1. The molecule has 2 aromatic rings. The van der Waals surface area contributed by atoms with Crippen LogP contribution in [0.15, 0.2) is 59.8 Å². The molecule has 0 unspecified atom stereocenters. The number of benzene rings is 1. The number of hydrogen-bond acceptors (Lipinski definition) is 4. The molecule has 3 rings (SSSR count). The molecule has 1 aliphatic heterocycles. The van der Waals surface area contributed by atoms with Crippen molar-refractivity contribution < 1.29 is 9.59 Å². The van der Waals surface area contributed by atoms with Gasteiger partial charge in [-0.2, -0.15) is 5.10 Å². The van der Waals surface area contributed by atoms with E-state index >= 15 is 0 Å². The molecule has 1 N–H and O–H groups in total. The van der Waals surface area contributed by atoms with Crippen LogP contribution in [0.25, 0.3) is 0 Å². The standard InChI is InChI=1S/C19H20N4O2/c1-14(16-9-5-6-12-20-16)21-19(25)17-10-11-18(24)23(22-17)13-15-7-3-2-4-8-15/h2-9,12,14H,10-11,13H2,1H3,(H,21,25)/t14-/m0/s1. The highest BCUT2D eigenvalue weighted by Gasteiger charge is 2.25. The lowest BCUT2D eigenvalue weighted by Crippen LogP contribution is -2.39. The maximum Gasteiger partial charge on any atom is 0.268 e. The van der Waals surface area contributed by atoms with Crippen molar-refractivity contribution in [2.75, 3.05) is 0 Å². The van der Waals surface area contributed by atoms with Crippen molar-refractivity contribution in [3.05, 3.63) is 66.0 Å². The molecule has 25 heavy (non-hydrogen) atoms. The summed E-state index contributed by atoms with van der Waals surface area (Å²) in [5, 5.41) is 8.54. The van der Waals surface area contributed by atoms with Gasteiger partial charge in [-0.15, -0.1) is 0 Å². The van der Waals surface area contributed by atoms with Crippen molar-refractivity contribution in [1.29, 1.82) is 0 Å². The average Bonchev–Trinajstić information content (AvgIpc) is 2.65. The summed E-state index contributed by atoms with van der Waals surface area (Å²) >= 11 is 0. The second-order valence-electron chi connectivity index (χ2n) is 5.93.